The van der Waals surface area contributed by atoms with Crippen LogP contribution < -0.4 is 10.6 Å². The Hall–Kier alpha value is -1.32. The highest BCUT2D eigenvalue weighted by Gasteiger charge is 2.39. The first-order valence-corrected chi connectivity index (χ1v) is 5.58. The van der Waals surface area contributed by atoms with Crippen molar-refractivity contribution >= 4 is 11.8 Å². The highest BCUT2D eigenvalue weighted by atomic mass is 16.2. The van der Waals surface area contributed by atoms with Crippen molar-refractivity contribution in [2.24, 2.45) is 11.8 Å². The lowest BCUT2D eigenvalue weighted by Gasteiger charge is -2.25. The monoisotopic (exact) mass is 224 g/mol. The van der Waals surface area contributed by atoms with E-state index in [9.17, 15) is 9.59 Å². The fraction of sp³-hybridized carbons (Fsp3) is 0.667. The molecule has 0 aromatic carbocycles. The van der Waals surface area contributed by atoms with Crippen LogP contribution in [-0.4, -0.2) is 23.9 Å². The van der Waals surface area contributed by atoms with Gasteiger partial charge in [0.1, 0.15) is 0 Å². The van der Waals surface area contributed by atoms with E-state index in [1.807, 2.05) is 13.8 Å². The van der Waals surface area contributed by atoms with Crippen LogP contribution in [0, 0.1) is 11.8 Å². The zero-order valence-electron chi connectivity index (χ0n) is 10.2. The molecule has 4 heteroatoms. The molecule has 0 bridgehead atoms. The first kappa shape index (κ1) is 12.7. The smallest absolute Gasteiger partial charge is 0.243 e. The van der Waals surface area contributed by atoms with Gasteiger partial charge in [-0.3, -0.25) is 9.59 Å². The van der Waals surface area contributed by atoms with E-state index in [2.05, 4.69) is 24.1 Å². The number of rotatable bonds is 5. The van der Waals surface area contributed by atoms with E-state index in [4.69, 9.17) is 0 Å². The molecular formula is C12H20N2O2. The van der Waals surface area contributed by atoms with Gasteiger partial charge in [0, 0.05) is 12.5 Å². The Morgan fingerprint density at radius 3 is 2.50 bits per heavy atom. The summed E-state index contributed by atoms with van der Waals surface area (Å²) in [6.45, 7) is 9.62. The average Bonchev–Trinajstić information content (AvgIpc) is 2.91. The molecule has 0 radical (unpaired) electrons. The lowest BCUT2D eigenvalue weighted by atomic mass is 10.1. The second-order valence-corrected chi connectivity index (χ2v) is 5.11. The fourth-order valence-corrected chi connectivity index (χ4v) is 1.56. The van der Waals surface area contributed by atoms with Crippen molar-refractivity contribution in [3.8, 4) is 0 Å². The van der Waals surface area contributed by atoms with Crippen molar-refractivity contribution in [3.05, 3.63) is 12.7 Å². The van der Waals surface area contributed by atoms with Crippen LogP contribution in [0.1, 0.15) is 27.2 Å². The number of carbonyl (C=O) groups excluding carboxylic acids is 2. The Labute approximate surface area is 96.5 Å². The first-order chi connectivity index (χ1) is 7.35. The predicted octanol–water partition coefficient (Wildman–Crippen LogP) is 0.839. The summed E-state index contributed by atoms with van der Waals surface area (Å²) in [4.78, 5) is 22.7. The minimum Gasteiger partial charge on any atom is -0.354 e. The predicted molar refractivity (Wildman–Crippen MR) is 62.7 cm³/mol. The van der Waals surface area contributed by atoms with Crippen LogP contribution in [0.15, 0.2) is 12.7 Å². The third-order valence-electron chi connectivity index (χ3n) is 2.80. The van der Waals surface area contributed by atoms with E-state index < -0.39 is 5.54 Å². The first-order valence-electron chi connectivity index (χ1n) is 5.58. The molecule has 2 atom stereocenters. The Morgan fingerprint density at radius 1 is 1.50 bits per heavy atom. The summed E-state index contributed by atoms with van der Waals surface area (Å²) in [5.74, 6) is 0.546. The van der Waals surface area contributed by atoms with E-state index in [0.717, 1.165) is 6.42 Å². The topological polar surface area (TPSA) is 58.2 Å². The molecular weight excluding hydrogens is 204 g/mol. The van der Waals surface area contributed by atoms with Gasteiger partial charge in [-0.2, -0.15) is 0 Å². The van der Waals surface area contributed by atoms with Crippen molar-refractivity contribution in [2.45, 2.75) is 32.7 Å². The van der Waals surface area contributed by atoms with Crippen LogP contribution in [0.3, 0.4) is 0 Å². The molecule has 1 aliphatic rings. The van der Waals surface area contributed by atoms with Crippen LogP contribution in [-0.2, 0) is 9.59 Å². The molecule has 0 unspecified atom stereocenters. The molecule has 0 aromatic heterocycles. The van der Waals surface area contributed by atoms with Crippen molar-refractivity contribution in [1.82, 2.24) is 10.6 Å². The SMILES string of the molecule is C=CC(=O)NC(C)(C)CNC(=O)[C@@H]1C[C@H]1C. The van der Waals surface area contributed by atoms with E-state index in [0.29, 0.717) is 12.5 Å². The number of carbonyl (C=O) groups is 2. The summed E-state index contributed by atoms with van der Waals surface area (Å²) in [5.41, 5.74) is -0.445. The maximum Gasteiger partial charge on any atom is 0.243 e. The van der Waals surface area contributed by atoms with Crippen molar-refractivity contribution in [1.29, 1.82) is 0 Å². The lowest BCUT2D eigenvalue weighted by molar-refractivity contribution is -0.123. The minimum atomic E-state index is -0.445. The molecule has 1 saturated carbocycles. The molecule has 1 fully saturated rings. The standard InChI is InChI=1S/C12H20N2O2/c1-5-10(15)14-12(3,4)7-13-11(16)9-6-8(9)2/h5,8-9H,1,6-7H2,2-4H3,(H,13,16)(H,14,15)/t8-,9-/m1/s1. The third-order valence-corrected chi connectivity index (χ3v) is 2.80. The van der Waals surface area contributed by atoms with Gasteiger partial charge in [-0.25, -0.2) is 0 Å². The zero-order valence-corrected chi connectivity index (χ0v) is 10.2. The minimum absolute atomic E-state index is 0.0911. The Balaban J connectivity index is 2.32. The van der Waals surface area contributed by atoms with Gasteiger partial charge in [0.2, 0.25) is 11.8 Å². The van der Waals surface area contributed by atoms with Crippen LogP contribution in [0.25, 0.3) is 0 Å². The molecule has 0 heterocycles. The molecule has 16 heavy (non-hydrogen) atoms. The molecule has 0 aliphatic heterocycles. The molecule has 2 N–H and O–H groups in total. The summed E-state index contributed by atoms with van der Waals surface area (Å²) in [6, 6.07) is 0. The summed E-state index contributed by atoms with van der Waals surface area (Å²) < 4.78 is 0. The Bertz CT molecular complexity index is 310. The zero-order chi connectivity index (χ0) is 12.3. The molecule has 0 spiro atoms. The summed E-state index contributed by atoms with van der Waals surface area (Å²) in [6.07, 6.45) is 2.21. The van der Waals surface area contributed by atoms with Gasteiger partial charge >= 0.3 is 0 Å². The summed E-state index contributed by atoms with van der Waals surface area (Å²) >= 11 is 0. The molecule has 1 rings (SSSR count). The second kappa shape index (κ2) is 4.68. The summed E-state index contributed by atoms with van der Waals surface area (Å²) in [7, 11) is 0. The van der Waals surface area contributed by atoms with Gasteiger partial charge in [0.25, 0.3) is 0 Å². The van der Waals surface area contributed by atoms with Gasteiger partial charge in [0.05, 0.1) is 5.54 Å². The highest BCUT2D eigenvalue weighted by Crippen LogP contribution is 2.37. The molecule has 0 aromatic rings. The fourth-order valence-electron chi connectivity index (χ4n) is 1.56. The quantitative estimate of drug-likeness (QED) is 0.680. The van der Waals surface area contributed by atoms with Crippen LogP contribution in [0.5, 0.6) is 0 Å². The lowest BCUT2D eigenvalue weighted by Crippen LogP contribution is -2.51. The summed E-state index contributed by atoms with van der Waals surface area (Å²) in [5, 5.41) is 5.62. The van der Waals surface area contributed by atoms with Gasteiger partial charge in [-0.1, -0.05) is 13.5 Å². The molecule has 4 nitrogen and oxygen atoms in total. The maximum absolute atomic E-state index is 11.6. The van der Waals surface area contributed by atoms with Gasteiger partial charge in [-0.15, -0.1) is 0 Å². The van der Waals surface area contributed by atoms with E-state index in [-0.39, 0.29) is 17.7 Å². The van der Waals surface area contributed by atoms with Gasteiger partial charge in [0.15, 0.2) is 0 Å². The Kier molecular flexibility index (Phi) is 3.73. The van der Waals surface area contributed by atoms with Gasteiger partial charge < -0.3 is 10.6 Å². The number of amides is 2. The van der Waals surface area contributed by atoms with Crippen molar-refractivity contribution in [3.63, 3.8) is 0 Å². The maximum atomic E-state index is 11.6. The number of hydrogen-bond acceptors (Lipinski definition) is 2. The molecule has 0 saturated heterocycles. The highest BCUT2D eigenvalue weighted by molar-refractivity contribution is 5.87. The van der Waals surface area contributed by atoms with E-state index in [1.54, 1.807) is 0 Å². The number of nitrogens with one attached hydrogen (secondary N) is 2. The average molecular weight is 224 g/mol. The van der Waals surface area contributed by atoms with Gasteiger partial charge in [-0.05, 0) is 32.3 Å². The molecule has 2 amide bonds. The van der Waals surface area contributed by atoms with Crippen LogP contribution in [0.2, 0.25) is 0 Å². The normalized spacial score (nSPS) is 23.4. The Morgan fingerprint density at radius 2 is 2.06 bits per heavy atom. The third kappa shape index (κ3) is 3.68. The van der Waals surface area contributed by atoms with E-state index >= 15 is 0 Å². The molecule has 1 aliphatic carbocycles. The molecule has 90 valence electrons. The number of hydrogen-bond donors (Lipinski definition) is 2. The van der Waals surface area contributed by atoms with Crippen LogP contribution in [0.4, 0.5) is 0 Å². The van der Waals surface area contributed by atoms with Crippen LogP contribution >= 0.6 is 0 Å². The largest absolute Gasteiger partial charge is 0.354 e. The van der Waals surface area contributed by atoms with E-state index in [1.165, 1.54) is 6.08 Å². The van der Waals surface area contributed by atoms with Crippen molar-refractivity contribution in [2.75, 3.05) is 6.54 Å². The van der Waals surface area contributed by atoms with Crippen molar-refractivity contribution < 1.29 is 9.59 Å². The second-order valence-electron chi connectivity index (χ2n) is 5.11.